The highest BCUT2D eigenvalue weighted by molar-refractivity contribution is 6.18. The van der Waals surface area contributed by atoms with Crippen molar-refractivity contribution in [1.29, 1.82) is 0 Å². The van der Waals surface area contributed by atoms with E-state index < -0.39 is 46.1 Å². The third-order valence-corrected chi connectivity index (χ3v) is 11.9. The molecule has 4 aliphatic carbocycles. The predicted octanol–water partition coefficient (Wildman–Crippen LogP) is 5.96. The van der Waals surface area contributed by atoms with Crippen molar-refractivity contribution in [3.05, 3.63) is 64.0 Å². The van der Waals surface area contributed by atoms with Crippen LogP contribution in [0.15, 0.2) is 47.3 Å². The number of phenols is 1. The Kier molecular flexibility index (Phi) is 6.89. The lowest BCUT2D eigenvalue weighted by molar-refractivity contribution is -0.171. The number of carbonyl (C=O) groups is 3. The number of ether oxygens (including phenoxy) is 4. The second-order valence-corrected chi connectivity index (χ2v) is 15.4. The Balaban J connectivity index is 1.52. The maximum absolute atomic E-state index is 15.0. The van der Waals surface area contributed by atoms with Gasteiger partial charge in [0.05, 0.1) is 5.60 Å². The van der Waals surface area contributed by atoms with E-state index in [1.54, 1.807) is 19.1 Å². The van der Waals surface area contributed by atoms with Gasteiger partial charge in [-0.1, -0.05) is 29.9 Å². The van der Waals surface area contributed by atoms with E-state index in [0.717, 1.165) is 11.1 Å². The zero-order valence-electron chi connectivity index (χ0n) is 28.2. The lowest BCUT2D eigenvalue weighted by atomic mass is 9.51. The maximum Gasteiger partial charge on any atom is 0.298 e. The molecule has 2 N–H and O–H groups in total. The van der Waals surface area contributed by atoms with Gasteiger partial charge in [0, 0.05) is 40.9 Å². The summed E-state index contributed by atoms with van der Waals surface area (Å²) in [6, 6.07) is 0. The number of benzene rings is 1. The summed E-state index contributed by atoms with van der Waals surface area (Å²) in [5.41, 5.74) is -1.64. The van der Waals surface area contributed by atoms with Gasteiger partial charge in [0.25, 0.3) is 6.47 Å². The molecule has 1 saturated heterocycles. The zero-order valence-corrected chi connectivity index (χ0v) is 28.2. The molecule has 3 unspecified atom stereocenters. The number of fused-ring (bicyclic) bond motifs is 5. The average Bonchev–Trinajstić information content (AvgIpc) is 3.14. The highest BCUT2D eigenvalue weighted by Crippen LogP contribution is 2.69. The molecule has 0 amide bonds. The van der Waals surface area contributed by atoms with Crippen molar-refractivity contribution in [3.63, 3.8) is 0 Å². The van der Waals surface area contributed by atoms with E-state index in [4.69, 9.17) is 18.9 Å². The number of phenolic OH excluding ortho intramolecular Hbond substituents is 1. The lowest BCUT2D eigenvalue weighted by Gasteiger charge is -2.57. The van der Waals surface area contributed by atoms with Gasteiger partial charge in [0.15, 0.2) is 22.8 Å². The minimum Gasteiger partial charge on any atom is -0.507 e. The van der Waals surface area contributed by atoms with Gasteiger partial charge in [0.1, 0.15) is 40.3 Å². The predicted molar refractivity (Wildman–Crippen MR) is 172 cm³/mol. The minimum absolute atomic E-state index is 0.0191. The van der Waals surface area contributed by atoms with Crippen molar-refractivity contribution >= 4 is 18.0 Å². The number of ketones is 2. The fourth-order valence-corrected chi connectivity index (χ4v) is 9.67. The molecular weight excluding hydrogens is 600 g/mol. The standard InChI is InChI=1S/C38H44O9/c1-18(2)9-10-23-31-27(26-22(19(3)4)12-13-36(8,45-31)34(26)43)30(41)28-29(40)24-15-21-16-25-35(6,7)47-37(33(21)42,14-11-20(5)44-17-39)38(24,25)46-32(23)28/h9,11,15,17,21-22,25-26,34,41,43H,3,10,12-14,16H2,1-2,4-8H3/b20-11-/t21?,22?,25?,26-,34+,36-,37+,38-/m1/s1. The molecule has 9 heteroatoms. The third-order valence-electron chi connectivity index (χ3n) is 11.9. The van der Waals surface area contributed by atoms with Crippen LogP contribution in [-0.4, -0.2) is 56.8 Å². The molecule has 8 atom stereocenters. The van der Waals surface area contributed by atoms with Gasteiger partial charge >= 0.3 is 0 Å². The van der Waals surface area contributed by atoms with Crippen LogP contribution in [0.25, 0.3) is 0 Å². The van der Waals surface area contributed by atoms with Crippen molar-refractivity contribution < 1.29 is 43.5 Å². The van der Waals surface area contributed by atoms with Crippen LogP contribution >= 0.6 is 0 Å². The molecule has 3 fully saturated rings. The molecule has 0 aromatic heterocycles. The summed E-state index contributed by atoms with van der Waals surface area (Å²) >= 11 is 0. The molecule has 47 heavy (non-hydrogen) atoms. The van der Waals surface area contributed by atoms with Crippen LogP contribution in [0.2, 0.25) is 0 Å². The summed E-state index contributed by atoms with van der Waals surface area (Å²) in [6.45, 7) is 17.8. The number of aliphatic hydroxyl groups excluding tert-OH is 1. The fraction of sp³-hybridized carbons (Fsp3) is 0.553. The van der Waals surface area contributed by atoms with Crippen molar-refractivity contribution in [2.24, 2.45) is 17.8 Å². The van der Waals surface area contributed by atoms with E-state index in [2.05, 4.69) is 6.58 Å². The van der Waals surface area contributed by atoms with Gasteiger partial charge in [0.2, 0.25) is 0 Å². The van der Waals surface area contributed by atoms with Gasteiger partial charge in [-0.05, 0) is 86.1 Å². The Bertz CT molecular complexity index is 1740. The summed E-state index contributed by atoms with van der Waals surface area (Å²) in [7, 11) is 0. The second-order valence-electron chi connectivity index (χ2n) is 15.4. The molecular formula is C38H44O9. The maximum atomic E-state index is 15.0. The number of hydrogen-bond acceptors (Lipinski definition) is 9. The van der Waals surface area contributed by atoms with Crippen molar-refractivity contribution in [1.82, 2.24) is 0 Å². The van der Waals surface area contributed by atoms with Crippen LogP contribution in [-0.2, 0) is 25.5 Å². The Morgan fingerprint density at radius 1 is 1.11 bits per heavy atom. The number of carbonyl (C=O) groups excluding carboxylic acids is 3. The first kappa shape index (κ1) is 31.9. The van der Waals surface area contributed by atoms with Crippen LogP contribution in [0.4, 0.5) is 0 Å². The van der Waals surface area contributed by atoms with E-state index in [1.165, 1.54) is 0 Å². The number of aromatic hydroxyl groups is 1. The molecule has 1 aromatic carbocycles. The van der Waals surface area contributed by atoms with Crippen molar-refractivity contribution in [2.45, 2.75) is 115 Å². The van der Waals surface area contributed by atoms with Gasteiger partial charge in [-0.15, -0.1) is 0 Å². The highest BCUT2D eigenvalue weighted by Gasteiger charge is 2.81. The molecule has 250 valence electrons. The van der Waals surface area contributed by atoms with E-state index in [1.807, 2.05) is 47.6 Å². The fourth-order valence-electron chi connectivity index (χ4n) is 9.67. The summed E-state index contributed by atoms with van der Waals surface area (Å²) in [4.78, 5) is 40.5. The number of Topliss-reactive ketones (excluding diaryl/α,β-unsaturated/α-hetero) is 2. The molecule has 1 spiro atoms. The average molecular weight is 645 g/mol. The van der Waals surface area contributed by atoms with Gasteiger partial charge < -0.3 is 29.2 Å². The monoisotopic (exact) mass is 644 g/mol. The van der Waals surface area contributed by atoms with Crippen LogP contribution in [0, 0.1) is 17.8 Å². The van der Waals surface area contributed by atoms with E-state index in [9.17, 15) is 24.6 Å². The summed E-state index contributed by atoms with van der Waals surface area (Å²) in [6.07, 6.45) is 6.51. The summed E-state index contributed by atoms with van der Waals surface area (Å²) in [5.74, 6) is -1.62. The van der Waals surface area contributed by atoms with Crippen molar-refractivity contribution in [2.75, 3.05) is 0 Å². The highest BCUT2D eigenvalue weighted by atomic mass is 16.6. The summed E-state index contributed by atoms with van der Waals surface area (Å²) in [5, 5.41) is 23.9. The molecule has 3 heterocycles. The molecule has 1 aromatic rings. The van der Waals surface area contributed by atoms with Crippen LogP contribution < -0.4 is 9.47 Å². The number of aliphatic hydroxyl groups is 1. The largest absolute Gasteiger partial charge is 0.507 e. The second kappa shape index (κ2) is 10.2. The molecule has 3 aliphatic heterocycles. The topological polar surface area (TPSA) is 129 Å². The van der Waals surface area contributed by atoms with Crippen LogP contribution in [0.5, 0.6) is 17.2 Å². The number of allylic oxidation sites excluding steroid dienone is 5. The van der Waals surface area contributed by atoms with Gasteiger partial charge in [-0.25, -0.2) is 0 Å². The summed E-state index contributed by atoms with van der Waals surface area (Å²) < 4.78 is 25.8. The minimum atomic E-state index is -1.58. The van der Waals surface area contributed by atoms with Gasteiger partial charge in [-0.2, -0.15) is 0 Å². The first-order valence-corrected chi connectivity index (χ1v) is 16.6. The third kappa shape index (κ3) is 3.99. The Morgan fingerprint density at radius 2 is 1.83 bits per heavy atom. The molecule has 7 aliphatic rings. The first-order valence-electron chi connectivity index (χ1n) is 16.6. The zero-order chi connectivity index (χ0) is 34.0. The first-order chi connectivity index (χ1) is 22.0. The Labute approximate surface area is 275 Å². The van der Waals surface area contributed by atoms with Crippen molar-refractivity contribution in [3.8, 4) is 17.2 Å². The van der Waals surface area contributed by atoms with E-state index >= 15 is 0 Å². The van der Waals surface area contributed by atoms with Crippen LogP contribution in [0.1, 0.15) is 102 Å². The molecule has 2 saturated carbocycles. The molecule has 6 bridgehead atoms. The molecule has 8 rings (SSSR count). The Hall–Kier alpha value is -3.69. The van der Waals surface area contributed by atoms with E-state index in [0.29, 0.717) is 60.4 Å². The Morgan fingerprint density at radius 3 is 2.49 bits per heavy atom. The quantitative estimate of drug-likeness (QED) is 0.210. The lowest BCUT2D eigenvalue weighted by Crippen LogP contribution is -2.72. The number of rotatable bonds is 7. The molecule has 0 radical (unpaired) electrons. The molecule has 9 nitrogen and oxygen atoms in total. The number of hydrogen-bond donors (Lipinski definition) is 2. The van der Waals surface area contributed by atoms with Gasteiger partial charge in [-0.3, -0.25) is 14.4 Å². The SMILES string of the molecule is C=C(C)C1CC[C@@]2(C)Oc3c(CC=C(C)C)c4c(c(O)c3[C@@H]1[C@@H]2O)C(=O)C1=CC2CC3C(C)(C)O[C@@](C/C=C(/C)OC=O)(C2=O)[C@@]13O4. The van der Waals surface area contributed by atoms with Crippen LogP contribution in [0.3, 0.4) is 0 Å². The van der Waals surface area contributed by atoms with E-state index in [-0.39, 0.29) is 41.1 Å². The normalized spacial score (nSPS) is 37.1. The smallest absolute Gasteiger partial charge is 0.298 e.